The summed E-state index contributed by atoms with van der Waals surface area (Å²) in [4.78, 5) is 25.6. The van der Waals surface area contributed by atoms with Crippen LogP contribution < -0.4 is 5.32 Å². The lowest BCUT2D eigenvalue weighted by atomic mass is 10.0. The second-order valence-corrected chi connectivity index (χ2v) is 6.19. The molecule has 0 aromatic heterocycles. The van der Waals surface area contributed by atoms with Gasteiger partial charge < -0.3 is 15.3 Å². The van der Waals surface area contributed by atoms with E-state index in [4.69, 9.17) is 0 Å². The quantitative estimate of drug-likeness (QED) is 0.787. The Labute approximate surface area is 114 Å². The van der Waals surface area contributed by atoms with Crippen molar-refractivity contribution in [2.45, 2.75) is 57.6 Å². The second-order valence-electron chi connectivity index (χ2n) is 6.19. The van der Waals surface area contributed by atoms with Crippen molar-refractivity contribution in [1.29, 1.82) is 0 Å². The third-order valence-electron chi connectivity index (χ3n) is 4.28. The molecule has 0 aromatic rings. The summed E-state index contributed by atoms with van der Waals surface area (Å²) in [5.74, 6) is -0.313. The van der Waals surface area contributed by atoms with E-state index in [1.807, 2.05) is 13.8 Å². The van der Waals surface area contributed by atoms with Gasteiger partial charge in [0.1, 0.15) is 0 Å². The fourth-order valence-corrected chi connectivity index (χ4v) is 3.01. The first kappa shape index (κ1) is 14.3. The summed E-state index contributed by atoms with van der Waals surface area (Å²) in [6, 6.07) is 0.143. The standard InChI is InChI=1S/C14H24N2O3/c1-10(2)16-8-11(7-12(16)17)13(18)15-9-14(19)5-3-4-6-14/h10-11,19H,3-9H2,1-2H3,(H,15,18). The Morgan fingerprint density at radius 1 is 1.47 bits per heavy atom. The van der Waals surface area contributed by atoms with Crippen LogP contribution in [0.25, 0.3) is 0 Å². The highest BCUT2D eigenvalue weighted by molar-refractivity contribution is 5.89. The molecule has 1 atom stereocenters. The van der Waals surface area contributed by atoms with Crippen molar-refractivity contribution in [2.75, 3.05) is 13.1 Å². The van der Waals surface area contributed by atoms with Crippen LogP contribution in [-0.4, -0.2) is 46.6 Å². The van der Waals surface area contributed by atoms with Crippen LogP contribution in [0.3, 0.4) is 0 Å². The molecule has 1 saturated heterocycles. The molecule has 2 rings (SSSR count). The monoisotopic (exact) mass is 268 g/mol. The topological polar surface area (TPSA) is 69.6 Å². The predicted molar refractivity (Wildman–Crippen MR) is 71.4 cm³/mol. The van der Waals surface area contributed by atoms with Gasteiger partial charge in [0.15, 0.2) is 0 Å². The number of rotatable bonds is 4. The number of nitrogens with one attached hydrogen (secondary N) is 1. The maximum Gasteiger partial charge on any atom is 0.225 e. The van der Waals surface area contributed by atoms with E-state index in [1.54, 1.807) is 4.90 Å². The molecule has 108 valence electrons. The van der Waals surface area contributed by atoms with Crippen LogP contribution in [0.4, 0.5) is 0 Å². The highest BCUT2D eigenvalue weighted by Crippen LogP contribution is 2.29. The molecule has 0 spiro atoms. The number of amides is 2. The third-order valence-corrected chi connectivity index (χ3v) is 4.28. The first-order valence-electron chi connectivity index (χ1n) is 7.21. The van der Waals surface area contributed by atoms with Crippen LogP contribution in [0, 0.1) is 5.92 Å². The highest BCUT2D eigenvalue weighted by Gasteiger charge is 2.37. The van der Waals surface area contributed by atoms with Gasteiger partial charge in [-0.15, -0.1) is 0 Å². The zero-order valence-corrected chi connectivity index (χ0v) is 11.8. The number of nitrogens with zero attached hydrogens (tertiary/aromatic N) is 1. The summed E-state index contributed by atoms with van der Waals surface area (Å²) in [5.41, 5.74) is -0.726. The molecule has 2 fully saturated rings. The molecule has 2 aliphatic rings. The minimum atomic E-state index is -0.726. The molecule has 2 amide bonds. The van der Waals surface area contributed by atoms with Gasteiger partial charge in [-0.3, -0.25) is 9.59 Å². The van der Waals surface area contributed by atoms with Crippen molar-refractivity contribution in [1.82, 2.24) is 10.2 Å². The van der Waals surface area contributed by atoms with Gasteiger partial charge in [-0.1, -0.05) is 12.8 Å². The molecule has 1 unspecified atom stereocenters. The summed E-state index contributed by atoms with van der Waals surface area (Å²) >= 11 is 0. The van der Waals surface area contributed by atoms with Crippen molar-refractivity contribution >= 4 is 11.8 Å². The average Bonchev–Trinajstić information content (AvgIpc) is 2.93. The Balaban J connectivity index is 1.83. The van der Waals surface area contributed by atoms with Crippen molar-refractivity contribution in [3.63, 3.8) is 0 Å². The van der Waals surface area contributed by atoms with Gasteiger partial charge >= 0.3 is 0 Å². The Morgan fingerprint density at radius 3 is 2.63 bits per heavy atom. The molecular formula is C14H24N2O3. The minimum Gasteiger partial charge on any atom is -0.388 e. The SMILES string of the molecule is CC(C)N1CC(C(=O)NCC2(O)CCCC2)CC1=O. The Kier molecular flexibility index (Phi) is 4.13. The van der Waals surface area contributed by atoms with E-state index in [0.717, 1.165) is 25.7 Å². The Hall–Kier alpha value is -1.10. The van der Waals surface area contributed by atoms with Crippen LogP contribution in [0.15, 0.2) is 0 Å². The third kappa shape index (κ3) is 3.26. The molecule has 2 N–H and O–H groups in total. The predicted octanol–water partition coefficient (Wildman–Crippen LogP) is 0.665. The Morgan fingerprint density at radius 2 is 2.11 bits per heavy atom. The fourth-order valence-electron chi connectivity index (χ4n) is 3.01. The van der Waals surface area contributed by atoms with E-state index in [0.29, 0.717) is 19.5 Å². The number of likely N-dealkylation sites (tertiary alicyclic amines) is 1. The molecule has 0 aromatic carbocycles. The zero-order valence-electron chi connectivity index (χ0n) is 11.8. The van der Waals surface area contributed by atoms with Gasteiger partial charge in [0, 0.05) is 25.6 Å². The summed E-state index contributed by atoms with van der Waals surface area (Å²) in [6.45, 7) is 4.73. The van der Waals surface area contributed by atoms with E-state index in [2.05, 4.69) is 5.32 Å². The van der Waals surface area contributed by atoms with Gasteiger partial charge in [0.2, 0.25) is 11.8 Å². The number of hydrogen-bond acceptors (Lipinski definition) is 3. The lowest BCUT2D eigenvalue weighted by Gasteiger charge is -2.24. The van der Waals surface area contributed by atoms with Gasteiger partial charge in [-0.25, -0.2) is 0 Å². The lowest BCUT2D eigenvalue weighted by molar-refractivity contribution is -0.130. The minimum absolute atomic E-state index is 0.0507. The molecule has 0 bridgehead atoms. The summed E-state index contributed by atoms with van der Waals surface area (Å²) < 4.78 is 0. The normalized spacial score (nSPS) is 26.2. The average molecular weight is 268 g/mol. The van der Waals surface area contributed by atoms with Gasteiger partial charge in [-0.2, -0.15) is 0 Å². The van der Waals surface area contributed by atoms with Crippen LogP contribution >= 0.6 is 0 Å². The summed E-state index contributed by atoms with van der Waals surface area (Å²) in [6.07, 6.45) is 3.86. The summed E-state index contributed by atoms with van der Waals surface area (Å²) in [5, 5.41) is 13.0. The van der Waals surface area contributed by atoms with Crippen molar-refractivity contribution in [3.8, 4) is 0 Å². The van der Waals surface area contributed by atoms with E-state index >= 15 is 0 Å². The number of carbonyl (C=O) groups excluding carboxylic acids is 2. The maximum absolute atomic E-state index is 12.1. The van der Waals surface area contributed by atoms with Crippen LogP contribution in [-0.2, 0) is 9.59 Å². The number of hydrogen-bond donors (Lipinski definition) is 2. The number of carbonyl (C=O) groups is 2. The van der Waals surface area contributed by atoms with Crippen LogP contribution in [0.1, 0.15) is 46.0 Å². The molecule has 1 heterocycles. The van der Waals surface area contributed by atoms with Gasteiger partial charge in [0.05, 0.1) is 11.5 Å². The van der Waals surface area contributed by atoms with Gasteiger partial charge in [0.25, 0.3) is 0 Å². The zero-order chi connectivity index (χ0) is 14.0. The highest BCUT2D eigenvalue weighted by atomic mass is 16.3. The van der Waals surface area contributed by atoms with Crippen molar-refractivity contribution in [2.24, 2.45) is 5.92 Å². The maximum atomic E-state index is 12.1. The molecule has 1 saturated carbocycles. The van der Waals surface area contributed by atoms with E-state index < -0.39 is 5.60 Å². The lowest BCUT2D eigenvalue weighted by Crippen LogP contribution is -2.43. The molecule has 5 heteroatoms. The van der Waals surface area contributed by atoms with E-state index in [1.165, 1.54) is 0 Å². The van der Waals surface area contributed by atoms with E-state index in [-0.39, 0.29) is 23.8 Å². The first-order chi connectivity index (χ1) is 8.91. The molecule has 5 nitrogen and oxygen atoms in total. The van der Waals surface area contributed by atoms with Crippen molar-refractivity contribution in [3.05, 3.63) is 0 Å². The second kappa shape index (κ2) is 5.49. The molecular weight excluding hydrogens is 244 g/mol. The molecule has 1 aliphatic carbocycles. The number of aliphatic hydroxyl groups is 1. The fraction of sp³-hybridized carbons (Fsp3) is 0.857. The molecule has 1 aliphatic heterocycles. The first-order valence-corrected chi connectivity index (χ1v) is 7.21. The molecule has 0 radical (unpaired) electrons. The smallest absolute Gasteiger partial charge is 0.225 e. The van der Waals surface area contributed by atoms with E-state index in [9.17, 15) is 14.7 Å². The van der Waals surface area contributed by atoms with Crippen LogP contribution in [0.5, 0.6) is 0 Å². The van der Waals surface area contributed by atoms with Crippen LogP contribution in [0.2, 0.25) is 0 Å². The van der Waals surface area contributed by atoms with Crippen molar-refractivity contribution < 1.29 is 14.7 Å². The summed E-state index contributed by atoms with van der Waals surface area (Å²) in [7, 11) is 0. The molecule has 19 heavy (non-hydrogen) atoms. The largest absolute Gasteiger partial charge is 0.388 e. The van der Waals surface area contributed by atoms with Gasteiger partial charge in [-0.05, 0) is 26.7 Å². The Bertz CT molecular complexity index is 362.